The van der Waals surface area contributed by atoms with Gasteiger partial charge in [-0.25, -0.2) is 4.79 Å². The molecule has 7 nitrogen and oxygen atoms in total. The van der Waals surface area contributed by atoms with Crippen LogP contribution in [0.4, 0.5) is 0 Å². The molecule has 1 amide bonds. The molecule has 0 aliphatic rings. The first-order valence-corrected chi connectivity index (χ1v) is 7.05. The van der Waals surface area contributed by atoms with Crippen molar-refractivity contribution in [2.24, 2.45) is 5.41 Å². The summed E-state index contributed by atoms with van der Waals surface area (Å²) in [5.41, 5.74) is -0.273. The highest BCUT2D eigenvalue weighted by Crippen LogP contribution is 2.21. The molecule has 1 N–H and O–H groups in total. The van der Waals surface area contributed by atoms with E-state index in [-0.39, 0.29) is 32.5 Å². The highest BCUT2D eigenvalue weighted by Gasteiger charge is 2.26. The first-order valence-electron chi connectivity index (χ1n) is 7.05. The van der Waals surface area contributed by atoms with Crippen molar-refractivity contribution >= 4 is 17.8 Å². The SMILES string of the molecule is C=C(C)C(=O)OCCNC(=O)COCOC(=O)C(C)(C)CC. The number of hydrogen-bond acceptors (Lipinski definition) is 6. The van der Waals surface area contributed by atoms with Crippen molar-refractivity contribution in [3.05, 3.63) is 12.2 Å². The second-order valence-corrected chi connectivity index (χ2v) is 5.40. The first kappa shape index (κ1) is 20.1. The molecule has 0 aromatic carbocycles. The van der Waals surface area contributed by atoms with Crippen molar-refractivity contribution < 1.29 is 28.6 Å². The molecule has 0 radical (unpaired) electrons. The van der Waals surface area contributed by atoms with E-state index in [0.717, 1.165) is 0 Å². The molecule has 126 valence electrons. The van der Waals surface area contributed by atoms with Crippen LogP contribution in [0.1, 0.15) is 34.1 Å². The zero-order valence-corrected chi connectivity index (χ0v) is 13.7. The van der Waals surface area contributed by atoms with E-state index < -0.39 is 17.3 Å². The molecule has 0 fully saturated rings. The highest BCUT2D eigenvalue weighted by molar-refractivity contribution is 5.86. The minimum atomic E-state index is -0.571. The second kappa shape index (κ2) is 9.94. The van der Waals surface area contributed by atoms with Crippen LogP contribution in [0.2, 0.25) is 0 Å². The molecule has 0 aromatic heterocycles. The predicted molar refractivity (Wildman–Crippen MR) is 79.8 cm³/mol. The third-order valence-electron chi connectivity index (χ3n) is 2.95. The van der Waals surface area contributed by atoms with E-state index in [2.05, 4.69) is 11.9 Å². The van der Waals surface area contributed by atoms with Crippen LogP contribution in [-0.2, 0) is 28.6 Å². The quantitative estimate of drug-likeness (QED) is 0.282. The molecule has 0 aromatic rings. The van der Waals surface area contributed by atoms with E-state index >= 15 is 0 Å². The number of amides is 1. The Balaban J connectivity index is 3.69. The van der Waals surface area contributed by atoms with Crippen molar-refractivity contribution in [1.29, 1.82) is 0 Å². The fraction of sp³-hybridized carbons (Fsp3) is 0.667. The maximum atomic E-state index is 11.6. The van der Waals surface area contributed by atoms with Crippen LogP contribution in [0, 0.1) is 5.41 Å². The summed E-state index contributed by atoms with van der Waals surface area (Å²) in [6.07, 6.45) is 0.648. The van der Waals surface area contributed by atoms with Crippen LogP contribution in [0.15, 0.2) is 12.2 Å². The molecule has 22 heavy (non-hydrogen) atoms. The Kier molecular flexibility index (Phi) is 9.09. The fourth-order valence-electron chi connectivity index (χ4n) is 1.08. The number of esters is 2. The van der Waals surface area contributed by atoms with Gasteiger partial charge in [-0.15, -0.1) is 0 Å². The van der Waals surface area contributed by atoms with Crippen LogP contribution in [0.25, 0.3) is 0 Å². The Bertz CT molecular complexity index is 416. The van der Waals surface area contributed by atoms with Gasteiger partial charge in [0.25, 0.3) is 0 Å². The minimum absolute atomic E-state index is 0.0527. The summed E-state index contributed by atoms with van der Waals surface area (Å²) in [4.78, 5) is 34.1. The van der Waals surface area contributed by atoms with Crippen LogP contribution < -0.4 is 5.32 Å². The summed E-state index contributed by atoms with van der Waals surface area (Å²) in [6.45, 7) is 10.1. The van der Waals surface area contributed by atoms with Crippen LogP contribution in [0.5, 0.6) is 0 Å². The van der Waals surface area contributed by atoms with E-state index in [1.54, 1.807) is 13.8 Å². The van der Waals surface area contributed by atoms with E-state index in [1.807, 2.05) is 6.92 Å². The summed E-state index contributed by atoms with van der Waals surface area (Å²) in [5, 5.41) is 2.50. The van der Waals surface area contributed by atoms with Crippen LogP contribution in [0.3, 0.4) is 0 Å². The molecular formula is C15H25NO6. The zero-order valence-electron chi connectivity index (χ0n) is 13.7. The van der Waals surface area contributed by atoms with Gasteiger partial charge in [0.05, 0.1) is 12.0 Å². The van der Waals surface area contributed by atoms with E-state index in [4.69, 9.17) is 14.2 Å². The average Bonchev–Trinajstić information content (AvgIpc) is 2.47. The third kappa shape index (κ3) is 8.41. The first-order chi connectivity index (χ1) is 10.2. The van der Waals surface area contributed by atoms with E-state index in [1.165, 1.54) is 6.92 Å². The van der Waals surface area contributed by atoms with Gasteiger partial charge < -0.3 is 19.5 Å². The smallest absolute Gasteiger partial charge is 0.333 e. The molecule has 0 saturated carbocycles. The number of rotatable bonds is 10. The molecule has 0 aliphatic heterocycles. The van der Waals surface area contributed by atoms with E-state index in [9.17, 15) is 14.4 Å². The van der Waals surface area contributed by atoms with Gasteiger partial charge in [-0.3, -0.25) is 9.59 Å². The Labute approximate surface area is 131 Å². The maximum Gasteiger partial charge on any atom is 0.333 e. The van der Waals surface area contributed by atoms with Gasteiger partial charge in [0.1, 0.15) is 13.2 Å². The topological polar surface area (TPSA) is 90.9 Å². The molecule has 7 heteroatoms. The number of ether oxygens (including phenoxy) is 3. The van der Waals surface area contributed by atoms with Crippen molar-refractivity contribution in [1.82, 2.24) is 5.32 Å². The molecular weight excluding hydrogens is 290 g/mol. The molecule has 0 saturated heterocycles. The standard InChI is InChI=1S/C15H25NO6/c1-6-15(4,5)14(19)22-10-20-9-12(17)16-7-8-21-13(18)11(2)3/h2,6-10H2,1,3-5H3,(H,16,17). The van der Waals surface area contributed by atoms with E-state index in [0.29, 0.717) is 12.0 Å². The summed E-state index contributed by atoms with van der Waals surface area (Å²) in [5.74, 6) is -1.27. The monoisotopic (exact) mass is 315 g/mol. The van der Waals surface area contributed by atoms with Gasteiger partial charge in [0.2, 0.25) is 5.91 Å². The average molecular weight is 315 g/mol. The Morgan fingerprint density at radius 1 is 1.18 bits per heavy atom. The van der Waals surface area contributed by atoms with Gasteiger partial charge in [-0.2, -0.15) is 0 Å². The normalized spacial score (nSPS) is 10.7. The third-order valence-corrected chi connectivity index (χ3v) is 2.95. The summed E-state index contributed by atoms with van der Waals surface area (Å²) in [6, 6.07) is 0. The number of hydrogen-bond donors (Lipinski definition) is 1. The lowest BCUT2D eigenvalue weighted by atomic mass is 9.91. The van der Waals surface area contributed by atoms with Gasteiger partial charge in [0.15, 0.2) is 6.79 Å². The Morgan fingerprint density at radius 2 is 1.82 bits per heavy atom. The number of nitrogens with one attached hydrogen (secondary N) is 1. The van der Waals surface area contributed by atoms with Gasteiger partial charge >= 0.3 is 11.9 Å². The summed E-state index contributed by atoms with van der Waals surface area (Å²) >= 11 is 0. The van der Waals surface area contributed by atoms with Gasteiger partial charge in [-0.1, -0.05) is 13.5 Å². The molecule has 0 bridgehead atoms. The summed E-state index contributed by atoms with van der Waals surface area (Å²) < 4.78 is 14.7. The van der Waals surface area contributed by atoms with Gasteiger partial charge in [0, 0.05) is 5.57 Å². The second-order valence-electron chi connectivity index (χ2n) is 5.40. The molecule has 0 spiro atoms. The lowest BCUT2D eigenvalue weighted by molar-refractivity contribution is -0.168. The van der Waals surface area contributed by atoms with Crippen molar-refractivity contribution in [3.8, 4) is 0 Å². The lowest BCUT2D eigenvalue weighted by Crippen LogP contribution is -2.32. The number of carbonyl (C=O) groups excluding carboxylic acids is 3. The van der Waals surface area contributed by atoms with Crippen LogP contribution in [-0.4, -0.2) is 44.4 Å². The molecule has 0 rings (SSSR count). The lowest BCUT2D eigenvalue weighted by Gasteiger charge is -2.20. The highest BCUT2D eigenvalue weighted by atomic mass is 16.7. The predicted octanol–water partition coefficient (Wildman–Crippen LogP) is 1.18. The molecule has 0 heterocycles. The summed E-state index contributed by atoms with van der Waals surface area (Å²) in [7, 11) is 0. The maximum absolute atomic E-state index is 11.6. The largest absolute Gasteiger partial charge is 0.460 e. The Morgan fingerprint density at radius 3 is 2.36 bits per heavy atom. The molecule has 0 atom stereocenters. The van der Waals surface area contributed by atoms with Crippen molar-refractivity contribution in [2.75, 3.05) is 26.6 Å². The van der Waals surface area contributed by atoms with Crippen LogP contribution >= 0.6 is 0 Å². The Hall–Kier alpha value is -1.89. The van der Waals surface area contributed by atoms with Crippen molar-refractivity contribution in [2.45, 2.75) is 34.1 Å². The van der Waals surface area contributed by atoms with Gasteiger partial charge in [-0.05, 0) is 27.2 Å². The number of carbonyl (C=O) groups is 3. The van der Waals surface area contributed by atoms with Crippen molar-refractivity contribution in [3.63, 3.8) is 0 Å². The molecule has 0 unspecified atom stereocenters. The zero-order chi connectivity index (χ0) is 17.2. The molecule has 0 aliphatic carbocycles. The fourth-order valence-corrected chi connectivity index (χ4v) is 1.08. The minimum Gasteiger partial charge on any atom is -0.460 e.